The summed E-state index contributed by atoms with van der Waals surface area (Å²) in [5.41, 5.74) is 5.47. The van der Waals surface area contributed by atoms with Gasteiger partial charge in [0, 0.05) is 18.3 Å². The average Bonchev–Trinajstić information content (AvgIpc) is 2.75. The smallest absolute Gasteiger partial charge is 0.259 e. The molecule has 0 unspecified atom stereocenters. The summed E-state index contributed by atoms with van der Waals surface area (Å²) in [6.45, 7) is 6.12. The molecule has 3 aromatic rings. The fraction of sp³-hybridized carbons (Fsp3) is 0.269. The Morgan fingerprint density at radius 3 is 2.61 bits per heavy atom. The quantitative estimate of drug-likeness (QED) is 0.695. The molecule has 5 nitrogen and oxygen atoms in total. The van der Waals surface area contributed by atoms with Gasteiger partial charge in [0.05, 0.1) is 11.2 Å². The summed E-state index contributed by atoms with van der Waals surface area (Å²) < 4.78 is 0. The van der Waals surface area contributed by atoms with E-state index in [1.807, 2.05) is 30.3 Å². The minimum absolute atomic E-state index is 0.116. The van der Waals surface area contributed by atoms with Gasteiger partial charge in [0.1, 0.15) is 6.07 Å². The SMILES string of the molecule is Cc1cc2c(cc1Cc1ccc(C(C)(C)O)cc1)C(=O)N(c1ncccc1C#N)CC2. The van der Waals surface area contributed by atoms with E-state index in [9.17, 15) is 15.2 Å². The lowest BCUT2D eigenvalue weighted by atomic mass is 9.90. The predicted molar refractivity (Wildman–Crippen MR) is 120 cm³/mol. The molecule has 2 aromatic carbocycles. The minimum atomic E-state index is -0.871. The van der Waals surface area contributed by atoms with Crippen molar-refractivity contribution in [2.75, 3.05) is 11.4 Å². The van der Waals surface area contributed by atoms with E-state index in [0.717, 1.165) is 34.2 Å². The van der Waals surface area contributed by atoms with Crippen LogP contribution in [0, 0.1) is 18.3 Å². The van der Waals surface area contributed by atoms with Crippen LogP contribution in [0.3, 0.4) is 0 Å². The normalized spacial score (nSPS) is 13.6. The summed E-state index contributed by atoms with van der Waals surface area (Å²) in [4.78, 5) is 19.2. The topological polar surface area (TPSA) is 77.2 Å². The minimum Gasteiger partial charge on any atom is -0.386 e. The van der Waals surface area contributed by atoms with E-state index < -0.39 is 5.60 Å². The van der Waals surface area contributed by atoms with E-state index in [1.165, 1.54) is 0 Å². The predicted octanol–water partition coefficient (Wildman–Crippen LogP) is 4.28. The number of aryl methyl sites for hydroxylation is 1. The number of rotatable bonds is 4. The number of carbonyl (C=O) groups is 1. The Morgan fingerprint density at radius 2 is 1.94 bits per heavy atom. The van der Waals surface area contributed by atoms with Crippen LogP contribution in [-0.2, 0) is 18.4 Å². The Hall–Kier alpha value is -3.49. The van der Waals surface area contributed by atoms with E-state index in [2.05, 4.69) is 24.0 Å². The van der Waals surface area contributed by atoms with Crippen LogP contribution >= 0.6 is 0 Å². The van der Waals surface area contributed by atoms with Gasteiger partial charge in [-0.15, -0.1) is 0 Å². The molecule has 156 valence electrons. The number of pyridine rings is 1. The fourth-order valence-corrected chi connectivity index (χ4v) is 4.04. The van der Waals surface area contributed by atoms with E-state index >= 15 is 0 Å². The van der Waals surface area contributed by atoms with E-state index in [-0.39, 0.29) is 5.91 Å². The molecular weight excluding hydrogens is 386 g/mol. The maximum absolute atomic E-state index is 13.3. The van der Waals surface area contributed by atoms with E-state index in [0.29, 0.717) is 29.9 Å². The van der Waals surface area contributed by atoms with Crippen molar-refractivity contribution < 1.29 is 9.90 Å². The lowest BCUT2D eigenvalue weighted by Crippen LogP contribution is -2.38. The van der Waals surface area contributed by atoms with Crippen molar-refractivity contribution in [3.63, 3.8) is 0 Å². The number of fused-ring (bicyclic) bond motifs is 1. The molecule has 1 amide bonds. The summed E-state index contributed by atoms with van der Waals surface area (Å²) in [5.74, 6) is 0.306. The Labute approximate surface area is 182 Å². The number of aliphatic hydroxyl groups is 1. The lowest BCUT2D eigenvalue weighted by Gasteiger charge is -2.29. The standard InChI is InChI=1S/C26H25N3O2/c1-17-13-19-10-12-29(24-20(16-27)5-4-11-28-24)25(30)23(19)15-21(17)14-18-6-8-22(9-7-18)26(2,3)31/h4-9,11,13,15,31H,10,12,14H2,1-3H3. The molecule has 31 heavy (non-hydrogen) atoms. The summed E-state index contributed by atoms with van der Waals surface area (Å²) in [6.07, 6.45) is 3.03. The second kappa shape index (κ2) is 7.98. The molecule has 0 radical (unpaired) electrons. The second-order valence-corrected chi connectivity index (χ2v) is 8.56. The lowest BCUT2D eigenvalue weighted by molar-refractivity contribution is 0.0785. The number of benzene rings is 2. The van der Waals surface area contributed by atoms with E-state index in [1.54, 1.807) is 37.1 Å². The first-order valence-electron chi connectivity index (χ1n) is 10.4. The maximum atomic E-state index is 13.3. The highest BCUT2D eigenvalue weighted by molar-refractivity contribution is 6.08. The third-order valence-electron chi connectivity index (χ3n) is 5.86. The second-order valence-electron chi connectivity index (χ2n) is 8.56. The molecule has 1 aliphatic rings. The van der Waals surface area contributed by atoms with Crippen LogP contribution in [-0.4, -0.2) is 22.5 Å². The summed E-state index contributed by atoms with van der Waals surface area (Å²) >= 11 is 0. The molecule has 0 atom stereocenters. The van der Waals surface area contributed by atoms with Crippen LogP contribution < -0.4 is 4.90 Å². The number of aromatic nitrogens is 1. The summed E-state index contributed by atoms with van der Waals surface area (Å²) in [7, 11) is 0. The molecule has 0 bridgehead atoms. The van der Waals surface area contributed by atoms with Gasteiger partial charge in [-0.2, -0.15) is 5.26 Å². The Balaban J connectivity index is 1.65. The summed E-state index contributed by atoms with van der Waals surface area (Å²) in [5, 5.41) is 19.6. The number of hydrogen-bond acceptors (Lipinski definition) is 4. The molecule has 1 aliphatic heterocycles. The molecule has 1 N–H and O–H groups in total. The molecule has 0 saturated heterocycles. The number of amides is 1. The molecule has 2 heterocycles. The molecular formula is C26H25N3O2. The molecule has 0 aliphatic carbocycles. The van der Waals surface area contributed by atoms with Crippen molar-refractivity contribution in [2.24, 2.45) is 0 Å². The molecule has 0 fully saturated rings. The number of nitrogens with zero attached hydrogens (tertiary/aromatic N) is 3. The highest BCUT2D eigenvalue weighted by atomic mass is 16.3. The first kappa shape index (κ1) is 20.8. The van der Waals surface area contributed by atoms with Crippen molar-refractivity contribution in [1.29, 1.82) is 5.26 Å². The summed E-state index contributed by atoms with van der Waals surface area (Å²) in [6, 6.07) is 17.5. The van der Waals surface area contributed by atoms with Gasteiger partial charge in [-0.05, 0) is 79.6 Å². The third kappa shape index (κ3) is 4.08. The molecule has 0 saturated carbocycles. The van der Waals surface area contributed by atoms with Gasteiger partial charge in [0.25, 0.3) is 5.91 Å². The van der Waals surface area contributed by atoms with Crippen LogP contribution in [0.4, 0.5) is 5.82 Å². The first-order chi connectivity index (χ1) is 14.8. The number of anilines is 1. The van der Waals surface area contributed by atoms with Gasteiger partial charge < -0.3 is 5.11 Å². The van der Waals surface area contributed by atoms with Crippen LogP contribution in [0.1, 0.15) is 57.6 Å². The zero-order valence-electron chi connectivity index (χ0n) is 18.0. The largest absolute Gasteiger partial charge is 0.386 e. The zero-order valence-corrected chi connectivity index (χ0v) is 18.0. The van der Waals surface area contributed by atoms with Crippen LogP contribution in [0.2, 0.25) is 0 Å². The molecule has 1 aromatic heterocycles. The monoisotopic (exact) mass is 411 g/mol. The van der Waals surface area contributed by atoms with Gasteiger partial charge in [0.15, 0.2) is 5.82 Å². The van der Waals surface area contributed by atoms with Crippen molar-refractivity contribution in [3.8, 4) is 6.07 Å². The molecule has 0 spiro atoms. The van der Waals surface area contributed by atoms with E-state index in [4.69, 9.17) is 0 Å². The Bertz CT molecular complexity index is 1180. The number of carbonyl (C=O) groups excluding carboxylic acids is 1. The van der Waals surface area contributed by atoms with Gasteiger partial charge in [-0.1, -0.05) is 30.3 Å². The van der Waals surface area contributed by atoms with Gasteiger partial charge >= 0.3 is 0 Å². The highest BCUT2D eigenvalue weighted by Gasteiger charge is 2.28. The number of hydrogen-bond donors (Lipinski definition) is 1. The van der Waals surface area contributed by atoms with Crippen LogP contribution in [0.25, 0.3) is 0 Å². The average molecular weight is 412 g/mol. The van der Waals surface area contributed by atoms with Crippen LogP contribution in [0.5, 0.6) is 0 Å². The first-order valence-corrected chi connectivity index (χ1v) is 10.4. The highest BCUT2D eigenvalue weighted by Crippen LogP contribution is 2.29. The van der Waals surface area contributed by atoms with Crippen molar-refractivity contribution in [3.05, 3.63) is 93.7 Å². The van der Waals surface area contributed by atoms with Crippen molar-refractivity contribution in [1.82, 2.24) is 4.98 Å². The zero-order chi connectivity index (χ0) is 22.2. The van der Waals surface area contributed by atoms with Crippen LogP contribution in [0.15, 0.2) is 54.7 Å². The van der Waals surface area contributed by atoms with Gasteiger partial charge in [-0.3, -0.25) is 9.69 Å². The number of nitriles is 1. The maximum Gasteiger partial charge on any atom is 0.259 e. The van der Waals surface area contributed by atoms with Gasteiger partial charge in [0.2, 0.25) is 0 Å². The third-order valence-corrected chi connectivity index (χ3v) is 5.86. The Morgan fingerprint density at radius 1 is 1.19 bits per heavy atom. The molecule has 5 heteroatoms. The Kier molecular flexibility index (Phi) is 5.34. The fourth-order valence-electron chi connectivity index (χ4n) is 4.04. The van der Waals surface area contributed by atoms with Crippen molar-refractivity contribution in [2.45, 2.75) is 39.2 Å². The van der Waals surface area contributed by atoms with Gasteiger partial charge in [-0.25, -0.2) is 4.98 Å². The molecule has 4 rings (SSSR count). The van der Waals surface area contributed by atoms with Crippen molar-refractivity contribution >= 4 is 11.7 Å².